The standard InChI is InChI=1S/C25H28N2O3S/c1-16-5-4-8-22-23(16)19(15-31-22)14-27-21-7-3-2-6-20(21)26(25(27)30)13-17-9-11-18(12-10-17)24(28)29/h2-8,15,17-18,22-23H,9-14H2,1H3,(H,28,29)/t17-,18-,22?,23?. The lowest BCUT2D eigenvalue weighted by Gasteiger charge is -2.26. The Morgan fingerprint density at radius 2 is 1.84 bits per heavy atom. The highest BCUT2D eigenvalue weighted by atomic mass is 32.2. The molecule has 31 heavy (non-hydrogen) atoms. The zero-order valence-electron chi connectivity index (χ0n) is 17.7. The molecular weight excluding hydrogens is 408 g/mol. The Morgan fingerprint density at radius 1 is 1.13 bits per heavy atom. The van der Waals surface area contributed by atoms with Gasteiger partial charge in [0.2, 0.25) is 0 Å². The Balaban J connectivity index is 1.42. The van der Waals surface area contributed by atoms with E-state index in [9.17, 15) is 14.7 Å². The Bertz CT molecular complexity index is 1160. The fourth-order valence-corrected chi connectivity index (χ4v) is 6.71. The minimum atomic E-state index is -0.685. The van der Waals surface area contributed by atoms with Crippen LogP contribution in [0.1, 0.15) is 32.6 Å². The van der Waals surface area contributed by atoms with Crippen LogP contribution in [0, 0.1) is 17.8 Å². The van der Waals surface area contributed by atoms with Gasteiger partial charge in [-0.05, 0) is 61.6 Å². The number of hydrogen-bond acceptors (Lipinski definition) is 3. The molecule has 0 saturated heterocycles. The summed E-state index contributed by atoms with van der Waals surface area (Å²) in [6.45, 7) is 3.46. The van der Waals surface area contributed by atoms with E-state index in [1.54, 1.807) is 0 Å². The van der Waals surface area contributed by atoms with Gasteiger partial charge in [-0.1, -0.05) is 35.9 Å². The molecule has 5 rings (SSSR count). The molecule has 2 atom stereocenters. The lowest BCUT2D eigenvalue weighted by Crippen LogP contribution is -2.30. The number of rotatable bonds is 5. The van der Waals surface area contributed by atoms with Crippen LogP contribution >= 0.6 is 11.8 Å². The first-order chi connectivity index (χ1) is 15.0. The van der Waals surface area contributed by atoms with Crippen molar-refractivity contribution < 1.29 is 9.90 Å². The largest absolute Gasteiger partial charge is 0.481 e. The quantitative estimate of drug-likeness (QED) is 0.729. The zero-order valence-corrected chi connectivity index (χ0v) is 18.6. The fraction of sp³-hybridized carbons (Fsp3) is 0.440. The normalized spacial score (nSPS) is 27.8. The maximum atomic E-state index is 13.5. The van der Waals surface area contributed by atoms with Crippen molar-refractivity contribution >= 4 is 28.8 Å². The van der Waals surface area contributed by atoms with Gasteiger partial charge in [0, 0.05) is 17.7 Å². The number of allylic oxidation sites excluding steroid dienone is 4. The zero-order chi connectivity index (χ0) is 21.5. The molecule has 1 saturated carbocycles. The van der Waals surface area contributed by atoms with Gasteiger partial charge >= 0.3 is 11.7 Å². The molecule has 6 heteroatoms. The molecule has 1 fully saturated rings. The van der Waals surface area contributed by atoms with E-state index >= 15 is 0 Å². The van der Waals surface area contributed by atoms with Crippen LogP contribution in [-0.4, -0.2) is 25.5 Å². The van der Waals surface area contributed by atoms with Gasteiger partial charge < -0.3 is 5.11 Å². The monoisotopic (exact) mass is 436 g/mol. The second kappa shape index (κ2) is 8.23. The number of carboxylic acids is 1. The maximum absolute atomic E-state index is 13.5. The molecule has 3 aliphatic rings. The number of imidazole rings is 1. The Morgan fingerprint density at radius 3 is 2.55 bits per heavy atom. The van der Waals surface area contributed by atoms with Gasteiger partial charge in [-0.25, -0.2) is 4.79 Å². The minimum absolute atomic E-state index is 0.0453. The molecule has 0 spiro atoms. The predicted molar refractivity (Wildman–Crippen MR) is 125 cm³/mol. The van der Waals surface area contributed by atoms with Crippen LogP contribution < -0.4 is 5.69 Å². The van der Waals surface area contributed by atoms with Gasteiger partial charge in [0.15, 0.2) is 0 Å². The molecule has 5 nitrogen and oxygen atoms in total. The van der Waals surface area contributed by atoms with Crippen molar-refractivity contribution in [3.8, 4) is 0 Å². The van der Waals surface area contributed by atoms with Crippen molar-refractivity contribution in [1.29, 1.82) is 0 Å². The van der Waals surface area contributed by atoms with Gasteiger partial charge in [-0.15, -0.1) is 11.8 Å². The average Bonchev–Trinajstić information content (AvgIpc) is 3.30. The van der Waals surface area contributed by atoms with Gasteiger partial charge in [0.25, 0.3) is 0 Å². The second-order valence-corrected chi connectivity index (χ2v) is 10.1. The lowest BCUT2D eigenvalue weighted by molar-refractivity contribution is -0.143. The van der Waals surface area contributed by atoms with Crippen LogP contribution in [0.4, 0.5) is 0 Å². The van der Waals surface area contributed by atoms with Gasteiger partial charge in [0.1, 0.15) is 0 Å². The van der Waals surface area contributed by atoms with E-state index in [0.717, 1.165) is 23.9 Å². The molecular formula is C25H28N2O3S. The van der Waals surface area contributed by atoms with E-state index in [0.29, 0.717) is 43.0 Å². The summed E-state index contributed by atoms with van der Waals surface area (Å²) in [5.41, 5.74) is 4.67. The first kappa shape index (κ1) is 20.4. The average molecular weight is 437 g/mol. The number of carbonyl (C=O) groups is 1. The second-order valence-electron chi connectivity index (χ2n) is 9.09. The molecule has 162 valence electrons. The van der Waals surface area contributed by atoms with Crippen LogP contribution in [0.5, 0.6) is 0 Å². The maximum Gasteiger partial charge on any atom is 0.329 e. The van der Waals surface area contributed by atoms with Crippen LogP contribution in [0.2, 0.25) is 0 Å². The van der Waals surface area contributed by atoms with Crippen LogP contribution in [-0.2, 0) is 17.9 Å². The number of fused-ring (bicyclic) bond motifs is 2. The Hall–Kier alpha value is -2.47. The number of aliphatic carboxylic acids is 1. The van der Waals surface area contributed by atoms with Crippen LogP contribution in [0.25, 0.3) is 11.0 Å². The predicted octanol–water partition coefficient (Wildman–Crippen LogP) is 4.83. The Kier molecular flexibility index (Phi) is 5.42. The molecule has 2 heterocycles. The summed E-state index contributed by atoms with van der Waals surface area (Å²) >= 11 is 1.85. The number of thioether (sulfide) groups is 1. The molecule has 0 radical (unpaired) electrons. The summed E-state index contributed by atoms with van der Waals surface area (Å²) in [6.07, 6.45) is 9.72. The number of carboxylic acid groups (broad SMARTS) is 1. The van der Waals surface area contributed by atoms with E-state index in [2.05, 4.69) is 30.6 Å². The summed E-state index contributed by atoms with van der Waals surface area (Å²) in [7, 11) is 0. The fourth-order valence-electron chi connectivity index (χ4n) is 5.43. The topological polar surface area (TPSA) is 64.2 Å². The van der Waals surface area contributed by atoms with Gasteiger partial charge in [-0.2, -0.15) is 0 Å². The van der Waals surface area contributed by atoms with E-state index < -0.39 is 5.97 Å². The molecule has 1 N–H and O–H groups in total. The Labute approximate surface area is 186 Å². The summed E-state index contributed by atoms with van der Waals surface area (Å²) in [5, 5.41) is 11.9. The molecule has 1 aromatic carbocycles. The number of hydrogen-bond donors (Lipinski definition) is 1. The highest BCUT2D eigenvalue weighted by molar-refractivity contribution is 8.03. The molecule has 0 amide bonds. The third-order valence-electron chi connectivity index (χ3n) is 7.16. The number of nitrogens with zero attached hydrogens (tertiary/aromatic N) is 2. The van der Waals surface area contributed by atoms with Crippen molar-refractivity contribution in [2.24, 2.45) is 17.8 Å². The van der Waals surface area contributed by atoms with E-state index in [1.807, 2.05) is 45.2 Å². The van der Waals surface area contributed by atoms with E-state index in [1.165, 1.54) is 11.1 Å². The number of benzene rings is 1. The first-order valence-corrected chi connectivity index (χ1v) is 12.1. The third-order valence-corrected chi connectivity index (χ3v) is 8.34. The van der Waals surface area contributed by atoms with E-state index in [4.69, 9.17) is 0 Å². The van der Waals surface area contributed by atoms with Crippen LogP contribution in [0.3, 0.4) is 0 Å². The molecule has 2 aromatic rings. The number of para-hydroxylation sites is 2. The van der Waals surface area contributed by atoms with Crippen molar-refractivity contribution in [1.82, 2.24) is 9.13 Å². The van der Waals surface area contributed by atoms with Crippen molar-refractivity contribution in [2.45, 2.75) is 50.9 Å². The first-order valence-electron chi connectivity index (χ1n) is 11.1. The molecule has 2 aliphatic carbocycles. The third kappa shape index (κ3) is 3.71. The highest BCUT2D eigenvalue weighted by Crippen LogP contribution is 2.43. The van der Waals surface area contributed by atoms with Gasteiger partial charge in [0.05, 0.1) is 23.5 Å². The molecule has 0 bridgehead atoms. The smallest absolute Gasteiger partial charge is 0.329 e. The summed E-state index contributed by atoms with van der Waals surface area (Å²) in [4.78, 5) is 24.8. The highest BCUT2D eigenvalue weighted by Gasteiger charge is 2.32. The van der Waals surface area contributed by atoms with Crippen LogP contribution in [0.15, 0.2) is 63.8 Å². The van der Waals surface area contributed by atoms with Crippen molar-refractivity contribution in [3.63, 3.8) is 0 Å². The lowest BCUT2D eigenvalue weighted by atomic mass is 9.82. The summed E-state index contributed by atoms with van der Waals surface area (Å²) in [5.74, 6) is -0.188. The SMILES string of the molecule is CC1=CC=CC2SC=C(Cn3c(=O)n(C[C@H]4CC[C@H](C(=O)O)CC4)c4ccccc43)C12. The van der Waals surface area contributed by atoms with Crippen molar-refractivity contribution in [3.05, 3.63) is 69.5 Å². The summed E-state index contributed by atoms with van der Waals surface area (Å²) in [6, 6.07) is 8.06. The number of aromatic nitrogens is 2. The van der Waals surface area contributed by atoms with Crippen molar-refractivity contribution in [2.75, 3.05) is 0 Å². The molecule has 1 aliphatic heterocycles. The summed E-state index contributed by atoms with van der Waals surface area (Å²) < 4.78 is 3.85. The molecule has 2 unspecified atom stereocenters. The molecule has 1 aromatic heterocycles. The van der Waals surface area contributed by atoms with Gasteiger partial charge in [-0.3, -0.25) is 13.9 Å². The minimum Gasteiger partial charge on any atom is -0.481 e. The van der Waals surface area contributed by atoms with E-state index in [-0.39, 0.29) is 11.6 Å².